The Labute approximate surface area is 112 Å². The van der Waals surface area contributed by atoms with Crippen molar-refractivity contribution in [2.45, 2.75) is 26.4 Å². The Bertz CT molecular complexity index is 464. The van der Waals surface area contributed by atoms with Gasteiger partial charge in [-0.1, -0.05) is 0 Å². The molecule has 16 heavy (non-hydrogen) atoms. The monoisotopic (exact) mass is 316 g/mol. The SMILES string of the molecule is Cc1ncsc1CNC(C)c1sccc1Br. The molecule has 0 amide bonds. The van der Waals surface area contributed by atoms with E-state index >= 15 is 0 Å². The molecule has 0 aliphatic heterocycles. The minimum atomic E-state index is 0.371. The van der Waals surface area contributed by atoms with Crippen LogP contribution >= 0.6 is 38.6 Å². The summed E-state index contributed by atoms with van der Waals surface area (Å²) in [5.41, 5.74) is 3.04. The molecule has 2 heterocycles. The molecule has 5 heteroatoms. The van der Waals surface area contributed by atoms with Crippen LogP contribution in [0.25, 0.3) is 0 Å². The van der Waals surface area contributed by atoms with Crippen LogP contribution < -0.4 is 5.32 Å². The zero-order chi connectivity index (χ0) is 11.5. The van der Waals surface area contributed by atoms with Crippen molar-refractivity contribution in [1.82, 2.24) is 10.3 Å². The Kier molecular flexibility index (Phi) is 4.13. The van der Waals surface area contributed by atoms with E-state index in [2.05, 4.69) is 51.5 Å². The van der Waals surface area contributed by atoms with Gasteiger partial charge in [-0.25, -0.2) is 4.98 Å². The molecule has 0 radical (unpaired) electrons. The molecule has 2 rings (SSSR count). The second kappa shape index (κ2) is 5.40. The van der Waals surface area contributed by atoms with E-state index in [0.717, 1.165) is 12.2 Å². The number of rotatable bonds is 4. The quantitative estimate of drug-likeness (QED) is 0.917. The average Bonchev–Trinajstić information content (AvgIpc) is 2.84. The number of thiazole rings is 1. The first-order valence-electron chi connectivity index (χ1n) is 5.03. The Morgan fingerprint density at radius 1 is 1.50 bits per heavy atom. The Morgan fingerprint density at radius 2 is 2.31 bits per heavy atom. The number of aromatic nitrogens is 1. The molecule has 2 aromatic heterocycles. The lowest BCUT2D eigenvalue weighted by molar-refractivity contribution is 0.584. The zero-order valence-corrected chi connectivity index (χ0v) is 12.4. The first kappa shape index (κ1) is 12.2. The average molecular weight is 317 g/mol. The molecular weight excluding hydrogens is 304 g/mol. The van der Waals surface area contributed by atoms with Gasteiger partial charge in [-0.15, -0.1) is 22.7 Å². The predicted molar refractivity (Wildman–Crippen MR) is 74.1 cm³/mol. The molecule has 2 aromatic rings. The topological polar surface area (TPSA) is 24.9 Å². The Hall–Kier alpha value is -0.230. The molecule has 86 valence electrons. The van der Waals surface area contributed by atoms with Gasteiger partial charge in [-0.2, -0.15) is 0 Å². The third-order valence-corrected chi connectivity index (χ3v) is 5.44. The fourth-order valence-corrected chi connectivity index (χ4v) is 3.93. The highest BCUT2D eigenvalue weighted by atomic mass is 79.9. The normalized spacial score (nSPS) is 12.9. The highest BCUT2D eigenvalue weighted by Gasteiger charge is 2.11. The molecule has 0 aliphatic rings. The van der Waals surface area contributed by atoms with Gasteiger partial charge in [0.2, 0.25) is 0 Å². The van der Waals surface area contributed by atoms with Crippen LogP contribution in [0, 0.1) is 6.92 Å². The highest BCUT2D eigenvalue weighted by Crippen LogP contribution is 2.29. The second-order valence-electron chi connectivity index (χ2n) is 3.60. The van der Waals surface area contributed by atoms with Gasteiger partial charge in [-0.3, -0.25) is 0 Å². The lowest BCUT2D eigenvalue weighted by atomic mass is 10.2. The molecule has 0 fully saturated rings. The molecule has 1 unspecified atom stereocenters. The van der Waals surface area contributed by atoms with E-state index in [-0.39, 0.29) is 0 Å². The summed E-state index contributed by atoms with van der Waals surface area (Å²) in [6, 6.07) is 2.46. The zero-order valence-electron chi connectivity index (χ0n) is 9.16. The van der Waals surface area contributed by atoms with Crippen LogP contribution in [0.2, 0.25) is 0 Å². The number of aryl methyl sites for hydroxylation is 1. The van der Waals surface area contributed by atoms with Gasteiger partial charge in [0.1, 0.15) is 0 Å². The van der Waals surface area contributed by atoms with Crippen LogP contribution in [0.5, 0.6) is 0 Å². The van der Waals surface area contributed by atoms with Gasteiger partial charge in [0.15, 0.2) is 0 Å². The third kappa shape index (κ3) is 2.71. The van der Waals surface area contributed by atoms with Crippen LogP contribution in [0.15, 0.2) is 21.4 Å². The number of halogens is 1. The van der Waals surface area contributed by atoms with Crippen molar-refractivity contribution < 1.29 is 0 Å². The molecule has 0 saturated carbocycles. The van der Waals surface area contributed by atoms with Crippen LogP contribution in [0.1, 0.15) is 28.4 Å². The van der Waals surface area contributed by atoms with Gasteiger partial charge >= 0.3 is 0 Å². The maximum absolute atomic E-state index is 4.25. The van der Waals surface area contributed by atoms with E-state index in [1.54, 1.807) is 22.7 Å². The summed E-state index contributed by atoms with van der Waals surface area (Å²) in [6.45, 7) is 5.13. The second-order valence-corrected chi connectivity index (χ2v) is 6.34. The van der Waals surface area contributed by atoms with Gasteiger partial charge < -0.3 is 5.32 Å². The molecule has 0 spiro atoms. The molecule has 0 bridgehead atoms. The molecular formula is C11H13BrN2S2. The van der Waals surface area contributed by atoms with E-state index in [4.69, 9.17) is 0 Å². The molecule has 1 N–H and O–H groups in total. The van der Waals surface area contributed by atoms with Crippen molar-refractivity contribution in [3.05, 3.63) is 36.9 Å². The van der Waals surface area contributed by atoms with Crippen molar-refractivity contribution in [3.63, 3.8) is 0 Å². The largest absolute Gasteiger partial charge is 0.304 e. The van der Waals surface area contributed by atoms with Crippen molar-refractivity contribution in [3.8, 4) is 0 Å². The van der Waals surface area contributed by atoms with Crippen LogP contribution in [0.3, 0.4) is 0 Å². The summed E-state index contributed by atoms with van der Waals surface area (Å²) < 4.78 is 1.19. The van der Waals surface area contributed by atoms with E-state index in [1.807, 2.05) is 5.51 Å². The maximum atomic E-state index is 4.25. The minimum Gasteiger partial charge on any atom is -0.304 e. The molecule has 0 aromatic carbocycles. The smallest absolute Gasteiger partial charge is 0.0798 e. The third-order valence-electron chi connectivity index (χ3n) is 2.45. The first-order valence-corrected chi connectivity index (χ1v) is 7.59. The summed E-state index contributed by atoms with van der Waals surface area (Å²) in [6.07, 6.45) is 0. The van der Waals surface area contributed by atoms with Gasteiger partial charge in [-0.05, 0) is 41.2 Å². The predicted octanol–water partition coefficient (Wildman–Crippen LogP) is 4.13. The summed E-state index contributed by atoms with van der Waals surface area (Å²) in [5.74, 6) is 0. The maximum Gasteiger partial charge on any atom is 0.0798 e. The van der Waals surface area contributed by atoms with Crippen LogP contribution in [-0.2, 0) is 6.54 Å². The Morgan fingerprint density at radius 3 is 2.88 bits per heavy atom. The molecule has 0 aliphatic carbocycles. The molecule has 0 saturated heterocycles. The molecule has 1 atom stereocenters. The van der Waals surface area contributed by atoms with Crippen molar-refractivity contribution >= 4 is 38.6 Å². The number of hydrogen-bond acceptors (Lipinski definition) is 4. The van der Waals surface area contributed by atoms with E-state index in [1.165, 1.54) is 14.2 Å². The number of hydrogen-bond donors (Lipinski definition) is 1. The first-order chi connectivity index (χ1) is 7.68. The van der Waals surface area contributed by atoms with E-state index < -0.39 is 0 Å². The summed E-state index contributed by atoms with van der Waals surface area (Å²) >= 11 is 7.05. The minimum absolute atomic E-state index is 0.371. The van der Waals surface area contributed by atoms with Gasteiger partial charge in [0.25, 0.3) is 0 Å². The van der Waals surface area contributed by atoms with Gasteiger partial charge in [0.05, 0.1) is 11.2 Å². The fourth-order valence-electron chi connectivity index (χ4n) is 1.45. The Balaban J connectivity index is 1.97. The highest BCUT2D eigenvalue weighted by molar-refractivity contribution is 9.10. The lowest BCUT2D eigenvalue weighted by Crippen LogP contribution is -2.17. The lowest BCUT2D eigenvalue weighted by Gasteiger charge is -2.12. The van der Waals surface area contributed by atoms with E-state index in [9.17, 15) is 0 Å². The van der Waals surface area contributed by atoms with Crippen molar-refractivity contribution in [2.24, 2.45) is 0 Å². The fraction of sp³-hybridized carbons (Fsp3) is 0.364. The standard InChI is InChI=1S/C11H13BrN2S2/c1-7-10(16-6-14-7)5-13-8(2)11-9(12)3-4-15-11/h3-4,6,8,13H,5H2,1-2H3. The number of thiophene rings is 1. The van der Waals surface area contributed by atoms with Crippen molar-refractivity contribution in [2.75, 3.05) is 0 Å². The van der Waals surface area contributed by atoms with Crippen LogP contribution in [-0.4, -0.2) is 4.98 Å². The summed E-state index contributed by atoms with van der Waals surface area (Å²) in [4.78, 5) is 6.91. The summed E-state index contributed by atoms with van der Waals surface area (Å²) in [5, 5.41) is 5.63. The van der Waals surface area contributed by atoms with Crippen molar-refractivity contribution in [1.29, 1.82) is 0 Å². The number of nitrogens with one attached hydrogen (secondary N) is 1. The number of nitrogens with zero attached hydrogens (tertiary/aromatic N) is 1. The van der Waals surface area contributed by atoms with E-state index in [0.29, 0.717) is 6.04 Å². The molecule has 2 nitrogen and oxygen atoms in total. The van der Waals surface area contributed by atoms with Gasteiger partial charge in [0, 0.05) is 26.8 Å². The summed E-state index contributed by atoms with van der Waals surface area (Å²) in [7, 11) is 0. The van der Waals surface area contributed by atoms with Crippen LogP contribution in [0.4, 0.5) is 0 Å².